The zero-order valence-corrected chi connectivity index (χ0v) is 20.2. The molecule has 1 amide bonds. The van der Waals surface area contributed by atoms with Crippen LogP contribution < -0.4 is 9.62 Å². The van der Waals surface area contributed by atoms with Crippen LogP contribution in [0.2, 0.25) is 5.02 Å². The molecular weight excluding hydrogens is 444 g/mol. The van der Waals surface area contributed by atoms with Crippen molar-refractivity contribution in [1.82, 2.24) is 5.32 Å². The second-order valence-electron chi connectivity index (χ2n) is 7.95. The van der Waals surface area contributed by atoms with E-state index >= 15 is 0 Å². The van der Waals surface area contributed by atoms with Gasteiger partial charge in [-0.3, -0.25) is 9.10 Å². The summed E-state index contributed by atoms with van der Waals surface area (Å²) >= 11 is 5.93. The second kappa shape index (κ2) is 9.76. The van der Waals surface area contributed by atoms with E-state index in [1.807, 2.05) is 52.0 Å². The second-order valence-corrected chi connectivity index (χ2v) is 10.3. The summed E-state index contributed by atoms with van der Waals surface area (Å²) in [5.41, 5.74) is 4.48. The Morgan fingerprint density at radius 1 is 0.969 bits per heavy atom. The summed E-state index contributed by atoms with van der Waals surface area (Å²) in [6.07, 6.45) is 0. The number of benzene rings is 3. The quantitative estimate of drug-likeness (QED) is 0.507. The van der Waals surface area contributed by atoms with E-state index in [2.05, 4.69) is 5.32 Å². The number of sulfonamides is 1. The van der Waals surface area contributed by atoms with Gasteiger partial charge in [-0.15, -0.1) is 0 Å². The minimum Gasteiger partial charge on any atom is -0.348 e. The van der Waals surface area contributed by atoms with E-state index in [9.17, 15) is 13.2 Å². The summed E-state index contributed by atoms with van der Waals surface area (Å²) in [7, 11) is -3.98. The first kappa shape index (κ1) is 23.8. The lowest BCUT2D eigenvalue weighted by Crippen LogP contribution is -2.41. The zero-order valence-electron chi connectivity index (χ0n) is 18.6. The van der Waals surface area contributed by atoms with Crippen LogP contribution in [0.4, 0.5) is 5.69 Å². The van der Waals surface area contributed by atoms with Crippen LogP contribution in [-0.4, -0.2) is 20.9 Å². The minimum absolute atomic E-state index is 0.0683. The standard InChI is InChI=1S/C25H27ClN2O3S/c1-17-6-5-7-22(14-17)28(32(30,31)23-12-10-21(26)11-13-23)16-25(29)27-20(4)24-15-18(2)8-9-19(24)3/h5-15,20H,16H2,1-4H3,(H,27,29). The molecule has 7 heteroatoms. The van der Waals surface area contributed by atoms with Gasteiger partial charge in [0.05, 0.1) is 16.6 Å². The molecule has 0 aliphatic heterocycles. The molecule has 0 saturated carbocycles. The van der Waals surface area contributed by atoms with E-state index in [0.29, 0.717) is 10.7 Å². The van der Waals surface area contributed by atoms with Crippen molar-refractivity contribution in [3.8, 4) is 0 Å². The molecular formula is C25H27ClN2O3S. The highest BCUT2D eigenvalue weighted by molar-refractivity contribution is 7.92. The summed E-state index contributed by atoms with van der Waals surface area (Å²) in [6, 6.07) is 18.8. The highest BCUT2D eigenvalue weighted by Crippen LogP contribution is 2.26. The summed E-state index contributed by atoms with van der Waals surface area (Å²) < 4.78 is 28.0. The van der Waals surface area contributed by atoms with Crippen LogP contribution in [-0.2, 0) is 14.8 Å². The molecule has 0 aromatic heterocycles. The average Bonchev–Trinajstić information content (AvgIpc) is 2.74. The van der Waals surface area contributed by atoms with Crippen molar-refractivity contribution in [2.24, 2.45) is 0 Å². The zero-order chi connectivity index (χ0) is 23.5. The number of carbonyl (C=O) groups excluding carboxylic acids is 1. The molecule has 5 nitrogen and oxygen atoms in total. The maximum absolute atomic E-state index is 13.4. The molecule has 0 heterocycles. The molecule has 1 N–H and O–H groups in total. The largest absolute Gasteiger partial charge is 0.348 e. The number of aryl methyl sites for hydroxylation is 3. The number of amides is 1. The van der Waals surface area contributed by atoms with Gasteiger partial charge in [0.2, 0.25) is 5.91 Å². The SMILES string of the molecule is Cc1cccc(N(CC(=O)NC(C)c2cc(C)ccc2C)S(=O)(=O)c2ccc(Cl)cc2)c1. The third-order valence-corrected chi connectivity index (χ3v) is 7.30. The van der Waals surface area contributed by atoms with E-state index in [1.54, 1.807) is 18.2 Å². The monoisotopic (exact) mass is 470 g/mol. The average molecular weight is 471 g/mol. The van der Waals surface area contributed by atoms with Crippen molar-refractivity contribution in [3.63, 3.8) is 0 Å². The van der Waals surface area contributed by atoms with Gasteiger partial charge in [-0.1, -0.05) is 47.5 Å². The Bertz CT molecular complexity index is 1220. The first-order valence-corrected chi connectivity index (χ1v) is 12.1. The molecule has 3 aromatic carbocycles. The fourth-order valence-electron chi connectivity index (χ4n) is 3.55. The maximum Gasteiger partial charge on any atom is 0.264 e. The van der Waals surface area contributed by atoms with Crippen molar-refractivity contribution < 1.29 is 13.2 Å². The molecule has 0 saturated heterocycles. The molecule has 168 valence electrons. The van der Waals surface area contributed by atoms with Gasteiger partial charge in [-0.05, 0) is 80.8 Å². The minimum atomic E-state index is -3.98. The number of anilines is 1. The number of halogens is 1. The number of nitrogens with zero attached hydrogens (tertiary/aromatic N) is 1. The van der Waals surface area contributed by atoms with Gasteiger partial charge in [-0.2, -0.15) is 0 Å². The fraction of sp³-hybridized carbons (Fsp3) is 0.240. The van der Waals surface area contributed by atoms with Crippen molar-refractivity contribution in [2.75, 3.05) is 10.8 Å². The highest BCUT2D eigenvalue weighted by Gasteiger charge is 2.28. The summed E-state index contributed by atoms with van der Waals surface area (Å²) in [6.45, 7) is 7.41. The molecule has 32 heavy (non-hydrogen) atoms. The molecule has 1 unspecified atom stereocenters. The lowest BCUT2D eigenvalue weighted by atomic mass is 10.00. The third kappa shape index (κ3) is 5.50. The number of rotatable bonds is 7. The van der Waals surface area contributed by atoms with Gasteiger partial charge in [-0.25, -0.2) is 8.42 Å². The summed E-state index contributed by atoms with van der Waals surface area (Å²) in [5.74, 6) is -0.391. The van der Waals surface area contributed by atoms with Crippen molar-refractivity contribution in [3.05, 3.63) is 94.0 Å². The van der Waals surface area contributed by atoms with Gasteiger partial charge < -0.3 is 5.32 Å². The van der Waals surface area contributed by atoms with Crippen LogP contribution in [0.3, 0.4) is 0 Å². The number of hydrogen-bond acceptors (Lipinski definition) is 3. The Kier molecular flexibility index (Phi) is 7.26. The van der Waals surface area contributed by atoms with Gasteiger partial charge >= 0.3 is 0 Å². The van der Waals surface area contributed by atoms with Crippen molar-refractivity contribution in [1.29, 1.82) is 0 Å². The Balaban J connectivity index is 1.91. The molecule has 0 aliphatic carbocycles. The normalized spacial score (nSPS) is 12.3. The lowest BCUT2D eigenvalue weighted by molar-refractivity contribution is -0.120. The molecule has 3 rings (SSSR count). The van der Waals surface area contributed by atoms with Crippen LogP contribution in [0.15, 0.2) is 71.6 Å². The summed E-state index contributed by atoms with van der Waals surface area (Å²) in [4.78, 5) is 13.1. The fourth-order valence-corrected chi connectivity index (χ4v) is 5.09. The number of hydrogen-bond donors (Lipinski definition) is 1. The predicted octanol–water partition coefficient (Wildman–Crippen LogP) is 5.34. The Morgan fingerprint density at radius 3 is 2.28 bits per heavy atom. The molecule has 0 bridgehead atoms. The highest BCUT2D eigenvalue weighted by atomic mass is 35.5. The van der Waals surface area contributed by atoms with E-state index in [-0.39, 0.29) is 17.5 Å². The van der Waals surface area contributed by atoms with Gasteiger partial charge in [0.15, 0.2) is 0 Å². The van der Waals surface area contributed by atoms with Gasteiger partial charge in [0, 0.05) is 5.02 Å². The molecule has 1 atom stereocenters. The molecule has 0 radical (unpaired) electrons. The van der Waals surface area contributed by atoms with Crippen LogP contribution in [0.5, 0.6) is 0 Å². The lowest BCUT2D eigenvalue weighted by Gasteiger charge is -2.26. The van der Waals surface area contributed by atoms with E-state index in [4.69, 9.17) is 11.6 Å². The third-order valence-electron chi connectivity index (χ3n) is 5.26. The van der Waals surface area contributed by atoms with Crippen molar-refractivity contribution >= 4 is 33.2 Å². The Morgan fingerprint density at radius 2 is 1.62 bits per heavy atom. The Labute approximate surface area is 195 Å². The van der Waals surface area contributed by atoms with E-state index in [0.717, 1.165) is 26.6 Å². The maximum atomic E-state index is 13.4. The topological polar surface area (TPSA) is 66.5 Å². The first-order valence-electron chi connectivity index (χ1n) is 10.3. The number of carbonyl (C=O) groups is 1. The van der Waals surface area contributed by atoms with Crippen LogP contribution in [0.1, 0.15) is 35.2 Å². The van der Waals surface area contributed by atoms with Gasteiger partial charge in [0.1, 0.15) is 6.54 Å². The van der Waals surface area contributed by atoms with Crippen LogP contribution in [0.25, 0.3) is 0 Å². The van der Waals surface area contributed by atoms with Crippen LogP contribution >= 0.6 is 11.6 Å². The predicted molar refractivity (Wildman–Crippen MR) is 130 cm³/mol. The summed E-state index contributed by atoms with van der Waals surface area (Å²) in [5, 5.41) is 3.38. The molecule has 0 spiro atoms. The molecule has 0 fully saturated rings. The Hall–Kier alpha value is -2.83. The van der Waals surface area contributed by atoms with Crippen molar-refractivity contribution in [2.45, 2.75) is 38.6 Å². The molecule has 0 aliphatic rings. The number of nitrogens with one attached hydrogen (secondary N) is 1. The van der Waals surface area contributed by atoms with Crippen LogP contribution in [0, 0.1) is 20.8 Å². The molecule has 3 aromatic rings. The van der Waals surface area contributed by atoms with Gasteiger partial charge in [0.25, 0.3) is 10.0 Å². The smallest absolute Gasteiger partial charge is 0.264 e. The van der Waals surface area contributed by atoms with E-state index in [1.165, 1.54) is 24.3 Å². The van der Waals surface area contributed by atoms with E-state index < -0.39 is 15.9 Å². The first-order chi connectivity index (χ1) is 15.1.